The summed E-state index contributed by atoms with van der Waals surface area (Å²) in [5.41, 5.74) is 0. The summed E-state index contributed by atoms with van der Waals surface area (Å²) in [6.07, 6.45) is 97.9. The van der Waals surface area contributed by atoms with Crippen LogP contribution in [0.2, 0.25) is 0 Å². The zero-order valence-electron chi connectivity index (χ0n) is 54.4. The molecule has 474 valence electrons. The Hall–Kier alpha value is -4.19. The highest BCUT2D eigenvalue weighted by atomic mass is 16.6. The zero-order valence-corrected chi connectivity index (χ0v) is 54.4. The third kappa shape index (κ3) is 68.5. The summed E-state index contributed by atoms with van der Waals surface area (Å²) in [6.45, 7) is 6.50. The quantitative estimate of drug-likeness (QED) is 0.0261. The second-order valence-corrected chi connectivity index (χ2v) is 23.1. The van der Waals surface area contributed by atoms with Gasteiger partial charge in [-0.1, -0.05) is 322 Å². The van der Waals surface area contributed by atoms with Crippen molar-refractivity contribution in [3.05, 3.63) is 122 Å². The van der Waals surface area contributed by atoms with Gasteiger partial charge in [-0.3, -0.25) is 14.4 Å². The molecular formula is C77H130O6. The van der Waals surface area contributed by atoms with E-state index >= 15 is 0 Å². The summed E-state index contributed by atoms with van der Waals surface area (Å²) in [5, 5.41) is 0. The molecule has 0 saturated carbocycles. The van der Waals surface area contributed by atoms with Crippen LogP contribution in [-0.2, 0) is 28.6 Å². The highest BCUT2D eigenvalue weighted by Gasteiger charge is 2.19. The fourth-order valence-corrected chi connectivity index (χ4v) is 9.74. The van der Waals surface area contributed by atoms with Crippen molar-refractivity contribution in [1.29, 1.82) is 0 Å². The fraction of sp³-hybridized carbons (Fsp3) is 0.701. The van der Waals surface area contributed by atoms with Crippen molar-refractivity contribution in [3.63, 3.8) is 0 Å². The van der Waals surface area contributed by atoms with E-state index in [1.807, 2.05) is 0 Å². The first-order valence-electron chi connectivity index (χ1n) is 35.0. The second-order valence-electron chi connectivity index (χ2n) is 23.1. The van der Waals surface area contributed by atoms with Gasteiger partial charge in [0, 0.05) is 19.3 Å². The fourth-order valence-electron chi connectivity index (χ4n) is 9.74. The van der Waals surface area contributed by atoms with E-state index in [-0.39, 0.29) is 37.5 Å². The van der Waals surface area contributed by atoms with Crippen LogP contribution in [0.5, 0.6) is 0 Å². The van der Waals surface area contributed by atoms with Crippen molar-refractivity contribution in [3.8, 4) is 0 Å². The van der Waals surface area contributed by atoms with E-state index in [2.05, 4.69) is 142 Å². The average Bonchev–Trinajstić information content (AvgIpc) is 3.50. The van der Waals surface area contributed by atoms with Crippen molar-refractivity contribution in [2.75, 3.05) is 13.2 Å². The van der Waals surface area contributed by atoms with Gasteiger partial charge in [-0.05, 0) is 109 Å². The Morgan fingerprint density at radius 2 is 0.482 bits per heavy atom. The molecule has 0 aromatic rings. The number of carbonyl (C=O) groups excluding carboxylic acids is 3. The molecule has 0 aromatic carbocycles. The number of rotatable bonds is 63. The van der Waals surface area contributed by atoms with Crippen molar-refractivity contribution in [1.82, 2.24) is 0 Å². The third-order valence-electron chi connectivity index (χ3n) is 15.0. The monoisotopic (exact) mass is 1150 g/mol. The minimum absolute atomic E-state index is 0.101. The minimum atomic E-state index is -0.813. The van der Waals surface area contributed by atoms with Crippen LogP contribution in [0.25, 0.3) is 0 Å². The van der Waals surface area contributed by atoms with E-state index in [9.17, 15) is 14.4 Å². The molecule has 0 heterocycles. The van der Waals surface area contributed by atoms with Crippen molar-refractivity contribution < 1.29 is 28.6 Å². The molecule has 0 aliphatic heterocycles. The lowest BCUT2D eigenvalue weighted by molar-refractivity contribution is -0.167. The summed E-state index contributed by atoms with van der Waals surface area (Å²) in [6, 6.07) is 0. The van der Waals surface area contributed by atoms with Gasteiger partial charge in [0.1, 0.15) is 13.2 Å². The normalized spacial score (nSPS) is 12.9. The predicted octanol–water partition coefficient (Wildman–Crippen LogP) is 24.3. The Bertz CT molecular complexity index is 1700. The molecular weight excluding hydrogens is 1020 g/mol. The molecule has 0 rings (SSSR count). The maximum Gasteiger partial charge on any atom is 0.306 e. The van der Waals surface area contributed by atoms with Gasteiger partial charge in [-0.15, -0.1) is 0 Å². The molecule has 83 heavy (non-hydrogen) atoms. The van der Waals surface area contributed by atoms with Crippen LogP contribution in [0.4, 0.5) is 0 Å². The molecule has 0 aliphatic rings. The van der Waals surface area contributed by atoms with E-state index in [0.717, 1.165) is 103 Å². The van der Waals surface area contributed by atoms with Crippen LogP contribution in [-0.4, -0.2) is 37.2 Å². The Morgan fingerprint density at radius 3 is 0.771 bits per heavy atom. The smallest absolute Gasteiger partial charge is 0.306 e. The van der Waals surface area contributed by atoms with Gasteiger partial charge >= 0.3 is 17.9 Å². The molecule has 0 aromatic heterocycles. The molecule has 0 saturated heterocycles. The SMILES string of the molecule is CC/C=C\C/C=C\C/C=C\C/C=C\C/C=C\C/C=C\C/C=C\CCCC(=O)OC(COC(=O)CCCCCCCCCCCCCC/C=C\C/C=C\C/C=C\CCCCCCC)COC(=O)CCCCCCCCCCCCCCCCC. The molecule has 0 bridgehead atoms. The Labute approximate surface area is 513 Å². The standard InChI is InChI=1S/C77H130O6/c1-4-7-10-13-16-19-22-25-28-30-32-34-36-37-38-39-41-42-44-46-49-52-55-58-61-64-67-70-76(79)82-73-74(72-81-75(78)69-66-63-60-57-54-51-48-27-24-21-18-15-12-9-6-3)83-77(80)71-68-65-62-59-56-53-50-47-45-43-40-35-33-31-29-26-23-20-17-14-11-8-5-2/h8,11,17,20,22,25-26,29-30,32-33,35-37,43,45,50,53,59,62,74H,4-7,9-10,12-16,18-19,21,23-24,27-28,31,34,38-42,44,46-49,51-52,54-58,60-61,63-73H2,1-3H3/b11-8-,20-17-,25-22-,29-26-,32-30-,35-33-,37-36-,45-43-,53-50-,62-59-. The van der Waals surface area contributed by atoms with Gasteiger partial charge in [0.25, 0.3) is 0 Å². The maximum absolute atomic E-state index is 12.9. The first-order valence-corrected chi connectivity index (χ1v) is 35.0. The molecule has 0 spiro atoms. The van der Waals surface area contributed by atoms with Crippen molar-refractivity contribution in [2.24, 2.45) is 0 Å². The molecule has 0 radical (unpaired) electrons. The lowest BCUT2D eigenvalue weighted by Gasteiger charge is -2.18. The summed E-state index contributed by atoms with van der Waals surface area (Å²) in [7, 11) is 0. The molecule has 0 fully saturated rings. The first kappa shape index (κ1) is 78.8. The number of allylic oxidation sites excluding steroid dienone is 20. The molecule has 0 amide bonds. The number of unbranched alkanes of at least 4 members (excludes halogenated alkanes) is 32. The number of hydrogen-bond acceptors (Lipinski definition) is 6. The van der Waals surface area contributed by atoms with Gasteiger partial charge in [0.2, 0.25) is 0 Å². The van der Waals surface area contributed by atoms with Crippen LogP contribution in [0.15, 0.2) is 122 Å². The predicted molar refractivity (Wildman–Crippen MR) is 362 cm³/mol. The number of carbonyl (C=O) groups is 3. The Balaban J connectivity index is 4.42. The van der Waals surface area contributed by atoms with Crippen molar-refractivity contribution >= 4 is 17.9 Å². The summed E-state index contributed by atoms with van der Waals surface area (Å²) in [5.74, 6) is -0.951. The highest BCUT2D eigenvalue weighted by molar-refractivity contribution is 5.71. The number of ether oxygens (including phenoxy) is 3. The number of esters is 3. The Morgan fingerprint density at radius 1 is 0.253 bits per heavy atom. The van der Waals surface area contributed by atoms with E-state index in [4.69, 9.17) is 14.2 Å². The highest BCUT2D eigenvalue weighted by Crippen LogP contribution is 2.17. The molecule has 0 aliphatic carbocycles. The van der Waals surface area contributed by atoms with Crippen LogP contribution in [0.3, 0.4) is 0 Å². The molecule has 6 nitrogen and oxygen atoms in total. The second kappa shape index (κ2) is 70.3. The van der Waals surface area contributed by atoms with Gasteiger partial charge in [0.15, 0.2) is 6.10 Å². The van der Waals surface area contributed by atoms with E-state index in [1.54, 1.807) is 0 Å². The molecule has 0 N–H and O–H groups in total. The van der Waals surface area contributed by atoms with Gasteiger partial charge in [0.05, 0.1) is 0 Å². The van der Waals surface area contributed by atoms with Crippen LogP contribution >= 0.6 is 0 Å². The van der Waals surface area contributed by atoms with Crippen LogP contribution < -0.4 is 0 Å². The largest absolute Gasteiger partial charge is 0.462 e. The van der Waals surface area contributed by atoms with Crippen molar-refractivity contribution in [2.45, 2.75) is 335 Å². The Kier molecular flexibility index (Phi) is 66.7. The third-order valence-corrected chi connectivity index (χ3v) is 15.0. The van der Waals surface area contributed by atoms with Gasteiger partial charge in [-0.25, -0.2) is 0 Å². The van der Waals surface area contributed by atoms with E-state index < -0.39 is 6.10 Å². The van der Waals surface area contributed by atoms with E-state index in [1.165, 1.54) is 180 Å². The molecule has 6 heteroatoms. The summed E-state index contributed by atoms with van der Waals surface area (Å²) >= 11 is 0. The van der Waals surface area contributed by atoms with Gasteiger partial charge in [-0.2, -0.15) is 0 Å². The zero-order chi connectivity index (χ0) is 59.9. The summed E-state index contributed by atoms with van der Waals surface area (Å²) < 4.78 is 16.9. The maximum atomic E-state index is 12.9. The van der Waals surface area contributed by atoms with Crippen LogP contribution in [0, 0.1) is 0 Å². The average molecular weight is 1150 g/mol. The molecule has 1 unspecified atom stereocenters. The van der Waals surface area contributed by atoms with Crippen LogP contribution in [0.1, 0.15) is 329 Å². The summed E-state index contributed by atoms with van der Waals surface area (Å²) in [4.78, 5) is 38.4. The van der Waals surface area contributed by atoms with E-state index in [0.29, 0.717) is 19.3 Å². The lowest BCUT2D eigenvalue weighted by Crippen LogP contribution is -2.30. The first-order chi connectivity index (χ1) is 41.0. The topological polar surface area (TPSA) is 78.9 Å². The molecule has 1 atom stereocenters. The lowest BCUT2D eigenvalue weighted by atomic mass is 10.0. The minimum Gasteiger partial charge on any atom is -0.462 e. The number of hydrogen-bond donors (Lipinski definition) is 0. The van der Waals surface area contributed by atoms with Gasteiger partial charge < -0.3 is 14.2 Å².